The van der Waals surface area contributed by atoms with Gasteiger partial charge in [0.25, 0.3) is 0 Å². The standard InChI is InChI=1S/C20H24N4O/c25-20(17-14-22-23-19(17)16-7-2-1-3-8-16)21-11-13-24-12-10-15-6-4-5-9-18(15)24/h1-9,17,19,22-23H,10-14H2,(H,21,25). The Bertz CT molecular complexity index is 733. The molecule has 2 unspecified atom stereocenters. The zero-order chi connectivity index (χ0) is 17.1. The molecule has 0 saturated carbocycles. The Morgan fingerprint density at radius 3 is 2.80 bits per heavy atom. The van der Waals surface area contributed by atoms with Gasteiger partial charge in [-0.2, -0.15) is 0 Å². The maximum atomic E-state index is 12.6. The van der Waals surface area contributed by atoms with E-state index < -0.39 is 0 Å². The third-order valence-electron chi connectivity index (χ3n) is 5.14. The number of rotatable bonds is 5. The molecule has 0 aromatic heterocycles. The van der Waals surface area contributed by atoms with Gasteiger partial charge in [0.1, 0.15) is 0 Å². The van der Waals surface area contributed by atoms with Crippen molar-refractivity contribution in [1.82, 2.24) is 16.2 Å². The Morgan fingerprint density at radius 2 is 1.92 bits per heavy atom. The highest BCUT2D eigenvalue weighted by Crippen LogP contribution is 2.27. The number of para-hydroxylation sites is 1. The third-order valence-corrected chi connectivity index (χ3v) is 5.14. The summed E-state index contributed by atoms with van der Waals surface area (Å²) in [6.07, 6.45) is 1.09. The number of hydrazine groups is 1. The fourth-order valence-corrected chi connectivity index (χ4v) is 3.80. The van der Waals surface area contributed by atoms with Gasteiger partial charge >= 0.3 is 0 Å². The molecular formula is C20H24N4O. The van der Waals surface area contributed by atoms with E-state index in [2.05, 4.69) is 57.5 Å². The topological polar surface area (TPSA) is 56.4 Å². The molecule has 1 saturated heterocycles. The highest BCUT2D eigenvalue weighted by atomic mass is 16.2. The van der Waals surface area contributed by atoms with Crippen LogP contribution in [-0.2, 0) is 11.2 Å². The Morgan fingerprint density at radius 1 is 1.12 bits per heavy atom. The summed E-state index contributed by atoms with van der Waals surface area (Å²) in [5.74, 6) is 0.0205. The number of nitrogens with zero attached hydrogens (tertiary/aromatic N) is 1. The van der Waals surface area contributed by atoms with Crippen LogP contribution >= 0.6 is 0 Å². The minimum Gasteiger partial charge on any atom is -0.369 e. The van der Waals surface area contributed by atoms with Crippen molar-refractivity contribution < 1.29 is 4.79 Å². The summed E-state index contributed by atoms with van der Waals surface area (Å²) in [6, 6.07) is 18.7. The molecule has 0 radical (unpaired) electrons. The van der Waals surface area contributed by atoms with E-state index in [0.717, 1.165) is 25.1 Å². The van der Waals surface area contributed by atoms with Crippen molar-refractivity contribution in [3.8, 4) is 0 Å². The van der Waals surface area contributed by atoms with Crippen molar-refractivity contribution in [2.45, 2.75) is 12.5 Å². The highest BCUT2D eigenvalue weighted by molar-refractivity contribution is 5.80. The number of anilines is 1. The van der Waals surface area contributed by atoms with Crippen LogP contribution in [0.25, 0.3) is 0 Å². The number of nitrogens with one attached hydrogen (secondary N) is 3. The van der Waals surface area contributed by atoms with Gasteiger partial charge in [0.2, 0.25) is 5.91 Å². The molecular weight excluding hydrogens is 312 g/mol. The molecule has 2 atom stereocenters. The molecule has 2 aromatic carbocycles. The maximum absolute atomic E-state index is 12.6. The zero-order valence-electron chi connectivity index (χ0n) is 14.2. The van der Waals surface area contributed by atoms with Crippen LogP contribution in [0.3, 0.4) is 0 Å². The van der Waals surface area contributed by atoms with Crippen LogP contribution < -0.4 is 21.1 Å². The van der Waals surface area contributed by atoms with Gasteiger partial charge in [-0.25, -0.2) is 5.43 Å². The van der Waals surface area contributed by atoms with Crippen LogP contribution in [0.15, 0.2) is 54.6 Å². The maximum Gasteiger partial charge on any atom is 0.226 e. The molecule has 2 aromatic rings. The van der Waals surface area contributed by atoms with Crippen LogP contribution in [-0.4, -0.2) is 32.1 Å². The fraction of sp³-hybridized carbons (Fsp3) is 0.350. The summed E-state index contributed by atoms with van der Waals surface area (Å²) < 4.78 is 0. The summed E-state index contributed by atoms with van der Waals surface area (Å²) in [7, 11) is 0. The van der Waals surface area contributed by atoms with Crippen molar-refractivity contribution in [2.75, 3.05) is 31.1 Å². The molecule has 4 rings (SSSR count). The lowest BCUT2D eigenvalue weighted by atomic mass is 9.94. The van der Waals surface area contributed by atoms with Crippen LogP contribution in [0.1, 0.15) is 17.2 Å². The first-order valence-corrected chi connectivity index (χ1v) is 8.97. The average Bonchev–Trinajstić information content (AvgIpc) is 3.30. The predicted octanol–water partition coefficient (Wildman–Crippen LogP) is 1.63. The van der Waals surface area contributed by atoms with Gasteiger partial charge in [-0.1, -0.05) is 48.5 Å². The van der Waals surface area contributed by atoms with E-state index >= 15 is 0 Å². The number of benzene rings is 2. The van der Waals surface area contributed by atoms with E-state index in [4.69, 9.17) is 0 Å². The monoisotopic (exact) mass is 336 g/mol. The number of hydrogen-bond acceptors (Lipinski definition) is 4. The van der Waals surface area contributed by atoms with Crippen molar-refractivity contribution in [2.24, 2.45) is 5.92 Å². The summed E-state index contributed by atoms with van der Waals surface area (Å²) in [5, 5.41) is 3.12. The molecule has 2 aliphatic rings. The van der Waals surface area contributed by atoms with Gasteiger partial charge in [0.05, 0.1) is 12.0 Å². The molecule has 130 valence electrons. The minimum absolute atomic E-state index is 0.0220. The van der Waals surface area contributed by atoms with E-state index in [1.54, 1.807) is 0 Å². The molecule has 0 aliphatic carbocycles. The van der Waals surface area contributed by atoms with Crippen LogP contribution in [0, 0.1) is 5.92 Å². The average molecular weight is 336 g/mol. The normalized spacial score (nSPS) is 22.0. The van der Waals surface area contributed by atoms with Gasteiger partial charge in [-0.05, 0) is 23.6 Å². The first-order chi connectivity index (χ1) is 12.3. The number of amides is 1. The first-order valence-electron chi connectivity index (χ1n) is 8.97. The second-order valence-corrected chi connectivity index (χ2v) is 6.68. The summed E-state index contributed by atoms with van der Waals surface area (Å²) >= 11 is 0. The van der Waals surface area contributed by atoms with Crippen molar-refractivity contribution in [3.63, 3.8) is 0 Å². The van der Waals surface area contributed by atoms with Crippen molar-refractivity contribution in [3.05, 3.63) is 65.7 Å². The summed E-state index contributed by atoms with van der Waals surface area (Å²) in [6.45, 7) is 3.21. The number of carbonyl (C=O) groups excluding carboxylic acids is 1. The number of hydrogen-bond donors (Lipinski definition) is 3. The minimum atomic E-state index is -0.0896. The largest absolute Gasteiger partial charge is 0.369 e. The quantitative estimate of drug-likeness (QED) is 0.777. The Labute approximate surface area is 148 Å². The molecule has 1 fully saturated rings. The Balaban J connectivity index is 1.32. The lowest BCUT2D eigenvalue weighted by molar-refractivity contribution is -0.124. The van der Waals surface area contributed by atoms with E-state index in [-0.39, 0.29) is 17.9 Å². The fourth-order valence-electron chi connectivity index (χ4n) is 3.80. The lowest BCUT2D eigenvalue weighted by Crippen LogP contribution is -2.39. The molecule has 25 heavy (non-hydrogen) atoms. The molecule has 3 N–H and O–H groups in total. The van der Waals surface area contributed by atoms with E-state index in [1.165, 1.54) is 11.3 Å². The van der Waals surface area contributed by atoms with Gasteiger partial charge in [-0.15, -0.1) is 0 Å². The second-order valence-electron chi connectivity index (χ2n) is 6.68. The molecule has 2 heterocycles. The smallest absolute Gasteiger partial charge is 0.226 e. The van der Waals surface area contributed by atoms with Crippen LogP contribution in [0.2, 0.25) is 0 Å². The first kappa shape index (κ1) is 16.1. The van der Waals surface area contributed by atoms with E-state index in [0.29, 0.717) is 13.1 Å². The summed E-state index contributed by atoms with van der Waals surface area (Å²) in [4.78, 5) is 15.0. The van der Waals surface area contributed by atoms with Gasteiger partial charge in [0.15, 0.2) is 0 Å². The molecule has 2 aliphatic heterocycles. The van der Waals surface area contributed by atoms with Crippen LogP contribution in [0.4, 0.5) is 5.69 Å². The van der Waals surface area contributed by atoms with Gasteiger partial charge in [0, 0.05) is 31.9 Å². The summed E-state index contributed by atoms with van der Waals surface area (Å²) in [5.41, 5.74) is 10.2. The SMILES string of the molecule is O=C(NCCN1CCc2ccccc21)C1CNNC1c1ccccc1. The van der Waals surface area contributed by atoms with Gasteiger partial charge in [-0.3, -0.25) is 10.2 Å². The third kappa shape index (κ3) is 3.38. The second kappa shape index (κ2) is 7.25. The molecule has 5 heteroatoms. The Kier molecular flexibility index (Phi) is 4.68. The molecule has 0 spiro atoms. The van der Waals surface area contributed by atoms with E-state index in [1.807, 2.05) is 18.2 Å². The predicted molar refractivity (Wildman–Crippen MR) is 99.2 cm³/mol. The van der Waals surface area contributed by atoms with Crippen molar-refractivity contribution in [1.29, 1.82) is 0 Å². The van der Waals surface area contributed by atoms with Crippen molar-refractivity contribution >= 4 is 11.6 Å². The van der Waals surface area contributed by atoms with Crippen LogP contribution in [0.5, 0.6) is 0 Å². The molecule has 5 nitrogen and oxygen atoms in total. The number of fused-ring (bicyclic) bond motifs is 1. The highest BCUT2D eigenvalue weighted by Gasteiger charge is 2.33. The molecule has 0 bridgehead atoms. The van der Waals surface area contributed by atoms with E-state index in [9.17, 15) is 4.79 Å². The van der Waals surface area contributed by atoms with Gasteiger partial charge < -0.3 is 10.2 Å². The molecule has 1 amide bonds. The lowest BCUT2D eigenvalue weighted by Gasteiger charge is -2.22. The number of carbonyl (C=O) groups is 1. The zero-order valence-corrected chi connectivity index (χ0v) is 14.2. The Hall–Kier alpha value is -2.37.